The van der Waals surface area contributed by atoms with E-state index in [1.807, 2.05) is 0 Å². The van der Waals surface area contributed by atoms with Gasteiger partial charge in [0.2, 0.25) is 5.75 Å². The number of carbonyl (C=O) groups is 1. The fourth-order valence-electron chi connectivity index (χ4n) is 1.58. The lowest BCUT2D eigenvalue weighted by atomic mass is 10.3. The van der Waals surface area contributed by atoms with Crippen LogP contribution in [0.15, 0.2) is 54.6 Å². The number of carboxylic acids is 1. The van der Waals surface area contributed by atoms with E-state index in [0.717, 1.165) is 4.83 Å². The molecule has 0 aliphatic rings. The maximum Gasteiger partial charge on any atom is 0.704 e. The quantitative estimate of drug-likeness (QED) is 0.594. The van der Waals surface area contributed by atoms with E-state index >= 15 is 0 Å². The fraction of sp³-hybridized carbons (Fsp3) is 0.133. The Morgan fingerprint density at radius 3 is 2.39 bits per heavy atom. The second-order valence-corrected chi connectivity index (χ2v) is 5.94. The first-order chi connectivity index (χ1) is 11.0. The number of aliphatic carboxylic acids is 1. The van der Waals surface area contributed by atoms with Crippen molar-refractivity contribution in [2.24, 2.45) is 0 Å². The minimum atomic E-state index is -2.64. The van der Waals surface area contributed by atoms with Crippen LogP contribution >= 0.6 is 19.8 Å². The van der Waals surface area contributed by atoms with Crippen LogP contribution in [0.2, 0.25) is 5.02 Å². The highest BCUT2D eigenvalue weighted by Gasteiger charge is 2.43. The van der Waals surface area contributed by atoms with E-state index in [9.17, 15) is 9.36 Å². The van der Waals surface area contributed by atoms with Gasteiger partial charge >= 0.3 is 14.1 Å². The van der Waals surface area contributed by atoms with Crippen LogP contribution in [0.4, 0.5) is 0 Å². The van der Waals surface area contributed by atoms with Gasteiger partial charge in [-0.2, -0.15) is 0 Å². The number of para-hydroxylation sites is 2. The van der Waals surface area contributed by atoms with Crippen LogP contribution in [0, 0.1) is 0 Å². The van der Waals surface area contributed by atoms with E-state index in [2.05, 4.69) is 0 Å². The van der Waals surface area contributed by atoms with E-state index in [-0.39, 0.29) is 10.8 Å². The zero-order valence-electron chi connectivity index (χ0n) is 12.1. The molecule has 23 heavy (non-hydrogen) atoms. The van der Waals surface area contributed by atoms with Gasteiger partial charge in [0.1, 0.15) is 4.83 Å². The van der Waals surface area contributed by atoms with Crippen molar-refractivity contribution in [2.75, 3.05) is 0 Å². The molecule has 0 aromatic heterocycles. The van der Waals surface area contributed by atoms with E-state index in [0.29, 0.717) is 5.75 Å². The average molecular weight is 355 g/mol. The summed E-state index contributed by atoms with van der Waals surface area (Å²) in [5.74, 6) is -0.687. The number of benzene rings is 2. The monoisotopic (exact) mass is 354 g/mol. The molecule has 1 N–H and O–H groups in total. The largest absolute Gasteiger partial charge is 0.704 e. The Morgan fingerprint density at radius 1 is 1.17 bits per heavy atom. The van der Waals surface area contributed by atoms with Crippen LogP contribution in [-0.4, -0.2) is 22.0 Å². The number of rotatable bonds is 7. The summed E-state index contributed by atoms with van der Waals surface area (Å²) < 4.78 is 17.7. The molecule has 2 aromatic carbocycles. The second-order valence-electron chi connectivity index (χ2n) is 4.48. The van der Waals surface area contributed by atoms with E-state index in [1.54, 1.807) is 48.5 Å². The van der Waals surface area contributed by atoms with Crippen molar-refractivity contribution >= 4 is 25.7 Å². The summed E-state index contributed by atoms with van der Waals surface area (Å²) in [5.41, 5.74) is 0. The van der Waals surface area contributed by atoms with Crippen LogP contribution in [-0.2, 0) is 9.36 Å². The predicted octanol–water partition coefficient (Wildman–Crippen LogP) is 4.15. The molecule has 2 unspecified atom stereocenters. The van der Waals surface area contributed by atoms with Gasteiger partial charge in [-0.1, -0.05) is 41.9 Å². The van der Waals surface area contributed by atoms with Crippen molar-refractivity contribution in [3.05, 3.63) is 59.6 Å². The Hall–Kier alpha value is -2.14. The summed E-state index contributed by atoms with van der Waals surface area (Å²) in [6.07, 6.45) is 0. The van der Waals surface area contributed by atoms with Gasteiger partial charge in [0.25, 0.3) is 0 Å². The van der Waals surface area contributed by atoms with Gasteiger partial charge in [-0.25, -0.2) is 4.52 Å². The first-order valence-electron chi connectivity index (χ1n) is 6.63. The molecular weight excluding hydrogens is 341 g/mol. The van der Waals surface area contributed by atoms with Crippen molar-refractivity contribution in [3.63, 3.8) is 0 Å². The van der Waals surface area contributed by atoms with E-state index < -0.39 is 20.2 Å². The van der Waals surface area contributed by atoms with E-state index in [4.69, 9.17) is 26.1 Å². The molecule has 2 rings (SSSR count). The van der Waals surface area contributed by atoms with Gasteiger partial charge in [0.05, 0.1) is 5.02 Å². The number of halogens is 1. The molecular formula is C15H14ClNO5P+. The van der Waals surface area contributed by atoms with Gasteiger partial charge in [0.15, 0.2) is 11.8 Å². The molecule has 0 bridgehead atoms. The summed E-state index contributed by atoms with van der Waals surface area (Å²) in [6.45, 7) is 1.34. The van der Waals surface area contributed by atoms with Crippen molar-refractivity contribution in [3.8, 4) is 11.5 Å². The Morgan fingerprint density at radius 2 is 1.78 bits per heavy atom. The third-order valence-corrected chi connectivity index (χ3v) is 4.22. The van der Waals surface area contributed by atoms with Crippen LogP contribution in [0.25, 0.3) is 0 Å². The first-order valence-corrected chi connectivity index (χ1v) is 8.14. The maximum absolute atomic E-state index is 12.4. The van der Waals surface area contributed by atoms with E-state index in [1.165, 1.54) is 13.0 Å². The molecule has 2 aromatic rings. The highest BCUT2D eigenvalue weighted by molar-refractivity contribution is 7.36. The number of hydrogen-bond donors (Lipinski definition) is 1. The topological polar surface area (TPSA) is 76.1 Å². The lowest BCUT2D eigenvalue weighted by Gasteiger charge is -2.14. The summed E-state index contributed by atoms with van der Waals surface area (Å²) in [7, 11) is -2.64. The molecule has 2 atom stereocenters. The molecule has 0 aliphatic heterocycles. The summed E-state index contributed by atoms with van der Waals surface area (Å²) in [5, 5.41) is 9.43. The highest BCUT2D eigenvalue weighted by atomic mass is 35.5. The molecule has 0 spiro atoms. The summed E-state index contributed by atoms with van der Waals surface area (Å²) in [6, 6.07) is 13.7. The molecule has 0 amide bonds. The number of hydrogen-bond acceptors (Lipinski definition) is 4. The van der Waals surface area contributed by atoms with Crippen LogP contribution < -0.4 is 9.36 Å². The SMILES string of the molecule is CC(C(=O)O)N(Oc1ccccc1)[P+](=O)Oc1ccccc1Cl. The van der Waals surface area contributed by atoms with Gasteiger partial charge in [-0.05, 0) is 31.2 Å². The van der Waals surface area contributed by atoms with Gasteiger partial charge in [-0.15, -0.1) is 0 Å². The van der Waals surface area contributed by atoms with Gasteiger partial charge in [-0.3, -0.25) is 4.79 Å². The van der Waals surface area contributed by atoms with Crippen molar-refractivity contribution in [1.29, 1.82) is 0 Å². The second kappa shape index (κ2) is 7.92. The minimum absolute atomic E-state index is 0.175. The number of hydroxylamine groups is 1. The van der Waals surface area contributed by atoms with Crippen molar-refractivity contribution < 1.29 is 23.8 Å². The molecule has 0 saturated carbocycles. The smallest absolute Gasteiger partial charge is 0.480 e. The molecule has 8 heteroatoms. The highest BCUT2D eigenvalue weighted by Crippen LogP contribution is 2.37. The normalized spacial score (nSPS) is 12.6. The molecule has 6 nitrogen and oxygen atoms in total. The molecule has 120 valence electrons. The van der Waals surface area contributed by atoms with Crippen LogP contribution in [0.3, 0.4) is 0 Å². The molecule has 0 aliphatic carbocycles. The zero-order chi connectivity index (χ0) is 16.8. The Labute approximate surface area is 139 Å². The maximum atomic E-state index is 12.4. The number of nitrogens with zero attached hydrogens (tertiary/aromatic N) is 1. The summed E-state index contributed by atoms with van der Waals surface area (Å²) >= 11 is 5.95. The lowest BCUT2D eigenvalue weighted by molar-refractivity contribution is -0.148. The standard InChI is InChI=1S/C15H13ClNO5P/c1-11(15(18)19)17(21-12-7-3-2-4-8-12)23(20)22-14-10-6-5-9-13(14)16/h2-11H,1H3/p+1. The van der Waals surface area contributed by atoms with Crippen LogP contribution in [0.5, 0.6) is 11.5 Å². The molecule has 0 fully saturated rings. The predicted molar refractivity (Wildman–Crippen MR) is 85.7 cm³/mol. The number of carboxylic acid groups (broad SMARTS) is 1. The third kappa shape index (κ3) is 4.66. The molecule has 0 radical (unpaired) electrons. The Kier molecular flexibility index (Phi) is 5.93. The van der Waals surface area contributed by atoms with Crippen molar-refractivity contribution in [1.82, 2.24) is 4.83 Å². The summed E-state index contributed by atoms with van der Waals surface area (Å²) in [4.78, 5) is 17.4. The zero-order valence-corrected chi connectivity index (χ0v) is 13.8. The first kappa shape index (κ1) is 17.2. The third-order valence-electron chi connectivity index (χ3n) is 2.80. The van der Waals surface area contributed by atoms with Crippen molar-refractivity contribution in [2.45, 2.75) is 13.0 Å². The average Bonchev–Trinajstić information content (AvgIpc) is 2.55. The van der Waals surface area contributed by atoms with Crippen LogP contribution in [0.1, 0.15) is 6.92 Å². The fourth-order valence-corrected chi connectivity index (χ4v) is 2.76. The Balaban J connectivity index is 2.21. The lowest BCUT2D eigenvalue weighted by Crippen LogP contribution is -2.37. The molecule has 0 saturated heterocycles. The van der Waals surface area contributed by atoms with Gasteiger partial charge in [0, 0.05) is 4.57 Å². The van der Waals surface area contributed by atoms with Gasteiger partial charge < -0.3 is 9.94 Å². The Bertz CT molecular complexity index is 697. The molecule has 0 heterocycles. The minimum Gasteiger partial charge on any atom is -0.480 e.